The highest BCUT2D eigenvalue weighted by Gasteiger charge is 2.53. The van der Waals surface area contributed by atoms with E-state index >= 15 is 0 Å². The molecule has 0 aliphatic heterocycles. The van der Waals surface area contributed by atoms with Crippen LogP contribution in [0.25, 0.3) is 0 Å². The molecule has 3 aromatic rings. The summed E-state index contributed by atoms with van der Waals surface area (Å²) in [6.07, 6.45) is 1.67. The van der Waals surface area contributed by atoms with Crippen LogP contribution < -0.4 is 10.6 Å². The Kier molecular flexibility index (Phi) is 6.26. The number of thioether (sulfide) groups is 1. The minimum absolute atomic E-state index is 0.575. The maximum atomic E-state index is 14.9. The van der Waals surface area contributed by atoms with Gasteiger partial charge in [-0.3, -0.25) is 0 Å². The Morgan fingerprint density at radius 3 is 1.63 bits per heavy atom. The van der Waals surface area contributed by atoms with Crippen LogP contribution in [-0.4, -0.2) is 15.9 Å². The second-order valence-corrected chi connectivity index (χ2v) is 11.0. The zero-order chi connectivity index (χ0) is 19.3. The van der Waals surface area contributed by atoms with E-state index in [2.05, 4.69) is 0 Å². The average Bonchev–Trinajstić information content (AvgIpc) is 2.76. The minimum Gasteiger partial charge on any atom is -0.386 e. The predicted octanol–water partition coefficient (Wildman–Crippen LogP) is 5.20. The van der Waals surface area contributed by atoms with Crippen molar-refractivity contribution in [3.05, 3.63) is 96.6 Å². The second kappa shape index (κ2) is 8.48. The first kappa shape index (κ1) is 19.9. The molecule has 3 rings (SSSR count). The number of hydrogen-bond acceptors (Lipinski definition) is 3. The Balaban J connectivity index is 2.29. The minimum atomic E-state index is -3.17. The van der Waals surface area contributed by atoms with Crippen molar-refractivity contribution in [1.29, 1.82) is 0 Å². The lowest BCUT2D eigenvalue weighted by Gasteiger charge is -2.43. The molecule has 0 amide bonds. The lowest BCUT2D eigenvalue weighted by Crippen LogP contribution is -2.40. The van der Waals surface area contributed by atoms with Crippen molar-refractivity contribution in [3.8, 4) is 0 Å². The molecule has 1 N–H and O–H groups in total. The summed E-state index contributed by atoms with van der Waals surface area (Å²) in [6, 6.07) is 28.8. The van der Waals surface area contributed by atoms with Crippen molar-refractivity contribution in [2.45, 2.75) is 23.9 Å². The van der Waals surface area contributed by atoms with Crippen LogP contribution in [0, 0.1) is 0 Å². The largest absolute Gasteiger partial charge is 0.386 e. The van der Waals surface area contributed by atoms with Gasteiger partial charge < -0.3 is 9.67 Å². The molecule has 2 nitrogen and oxygen atoms in total. The van der Waals surface area contributed by atoms with E-state index in [9.17, 15) is 9.67 Å². The predicted molar refractivity (Wildman–Crippen MR) is 118 cm³/mol. The Morgan fingerprint density at radius 2 is 1.26 bits per heavy atom. The number of rotatable bonds is 7. The fourth-order valence-electron chi connectivity index (χ4n) is 3.73. The van der Waals surface area contributed by atoms with Crippen LogP contribution >= 0.6 is 18.9 Å². The Labute approximate surface area is 166 Å². The SMILES string of the molecule is CC[C@](SC)([C@@H](O)c1ccccc1)P(=O)(c1ccccc1)c1ccccc1. The van der Waals surface area contributed by atoms with Crippen molar-refractivity contribution >= 4 is 29.5 Å². The summed E-state index contributed by atoms with van der Waals surface area (Å²) >= 11 is 1.50. The van der Waals surface area contributed by atoms with Gasteiger partial charge in [-0.05, 0) is 18.2 Å². The van der Waals surface area contributed by atoms with Gasteiger partial charge in [0.15, 0.2) is 7.14 Å². The van der Waals surface area contributed by atoms with Gasteiger partial charge in [-0.2, -0.15) is 0 Å². The third-order valence-corrected chi connectivity index (χ3v) is 11.4. The summed E-state index contributed by atoms with van der Waals surface area (Å²) in [4.78, 5) is 0. The van der Waals surface area contributed by atoms with Gasteiger partial charge in [0, 0.05) is 10.6 Å². The molecule has 0 spiro atoms. The number of benzene rings is 3. The molecule has 0 aliphatic rings. The summed E-state index contributed by atoms with van der Waals surface area (Å²) in [5, 5.41) is 13.1. The third-order valence-electron chi connectivity index (χ3n) is 5.18. The topological polar surface area (TPSA) is 37.3 Å². The second-order valence-electron chi connectivity index (χ2n) is 6.50. The molecule has 0 saturated carbocycles. The molecule has 0 bridgehead atoms. The molecule has 2 atom stereocenters. The Hall–Kier alpha value is -1.80. The first-order valence-electron chi connectivity index (χ1n) is 9.09. The van der Waals surface area contributed by atoms with Crippen LogP contribution in [-0.2, 0) is 4.57 Å². The van der Waals surface area contributed by atoms with E-state index in [4.69, 9.17) is 0 Å². The van der Waals surface area contributed by atoms with Gasteiger partial charge in [-0.15, -0.1) is 11.8 Å². The quantitative estimate of drug-likeness (QED) is 0.558. The van der Waals surface area contributed by atoms with E-state index in [1.165, 1.54) is 11.8 Å². The van der Waals surface area contributed by atoms with E-state index in [0.717, 1.165) is 16.2 Å². The molecule has 0 fully saturated rings. The third kappa shape index (κ3) is 3.40. The summed E-state index contributed by atoms with van der Waals surface area (Å²) in [7, 11) is -3.17. The maximum Gasteiger partial charge on any atom is 0.161 e. The number of aliphatic hydroxyl groups excluding tert-OH is 1. The molecule has 0 aromatic heterocycles. The van der Waals surface area contributed by atoms with E-state index in [1.807, 2.05) is 104 Å². The highest BCUT2D eigenvalue weighted by molar-refractivity contribution is 8.09. The Bertz CT molecular complexity index is 850. The summed E-state index contributed by atoms with van der Waals surface area (Å²) < 4.78 is 14.1. The summed E-state index contributed by atoms with van der Waals surface area (Å²) in [6.45, 7) is 2.02. The van der Waals surface area contributed by atoms with Crippen LogP contribution in [0.1, 0.15) is 25.0 Å². The molecular weight excluding hydrogens is 371 g/mol. The Morgan fingerprint density at radius 1 is 0.852 bits per heavy atom. The lowest BCUT2D eigenvalue weighted by atomic mass is 10.0. The molecule has 0 aliphatic carbocycles. The molecule has 0 saturated heterocycles. The van der Waals surface area contributed by atoms with Gasteiger partial charge in [0.25, 0.3) is 0 Å². The molecule has 0 unspecified atom stereocenters. The fraction of sp³-hybridized carbons (Fsp3) is 0.217. The van der Waals surface area contributed by atoms with E-state index in [-0.39, 0.29) is 0 Å². The first-order valence-corrected chi connectivity index (χ1v) is 12.0. The molecule has 0 radical (unpaired) electrons. The molecule has 140 valence electrons. The van der Waals surface area contributed by atoms with Gasteiger partial charge in [-0.1, -0.05) is 97.9 Å². The summed E-state index contributed by atoms with van der Waals surface area (Å²) in [5.74, 6) is 0. The van der Waals surface area contributed by atoms with Gasteiger partial charge in [0.2, 0.25) is 0 Å². The van der Waals surface area contributed by atoms with Gasteiger partial charge in [0.05, 0.1) is 0 Å². The van der Waals surface area contributed by atoms with Crippen LogP contribution in [0.3, 0.4) is 0 Å². The van der Waals surface area contributed by atoms with Crippen molar-refractivity contribution in [3.63, 3.8) is 0 Å². The average molecular weight is 396 g/mol. The van der Waals surface area contributed by atoms with Crippen LogP contribution in [0.2, 0.25) is 0 Å². The normalized spacial score (nSPS) is 15.1. The highest BCUT2D eigenvalue weighted by atomic mass is 32.2. The van der Waals surface area contributed by atoms with Crippen molar-refractivity contribution < 1.29 is 9.67 Å². The van der Waals surface area contributed by atoms with Gasteiger partial charge in [-0.25, -0.2) is 0 Å². The van der Waals surface area contributed by atoms with Crippen LogP contribution in [0.4, 0.5) is 0 Å². The van der Waals surface area contributed by atoms with Crippen LogP contribution in [0.5, 0.6) is 0 Å². The first-order chi connectivity index (χ1) is 13.1. The monoisotopic (exact) mass is 396 g/mol. The molecule has 3 aromatic carbocycles. The molecular formula is C23H25O2PS. The molecule has 4 heteroatoms. The maximum absolute atomic E-state index is 14.9. The standard InChI is InChI=1S/C23H25O2PS/c1-3-23(27-2,22(24)19-13-7-4-8-14-19)26(25,20-15-9-5-10-16-20)21-17-11-6-12-18-21/h4-18,22,24H,3H2,1-2H3/t22-,23-/m0/s1. The molecule has 27 heavy (non-hydrogen) atoms. The lowest BCUT2D eigenvalue weighted by molar-refractivity contribution is 0.158. The van der Waals surface area contributed by atoms with Gasteiger partial charge >= 0.3 is 0 Å². The van der Waals surface area contributed by atoms with Crippen LogP contribution in [0.15, 0.2) is 91.0 Å². The zero-order valence-corrected chi connectivity index (χ0v) is 17.4. The van der Waals surface area contributed by atoms with Crippen molar-refractivity contribution in [2.24, 2.45) is 0 Å². The zero-order valence-electron chi connectivity index (χ0n) is 15.7. The highest BCUT2D eigenvalue weighted by Crippen LogP contribution is 2.67. The summed E-state index contributed by atoms with van der Waals surface area (Å²) in [5.41, 5.74) is 0.792. The van der Waals surface area contributed by atoms with E-state index < -0.39 is 17.7 Å². The van der Waals surface area contributed by atoms with Gasteiger partial charge in [0.1, 0.15) is 10.6 Å². The number of aliphatic hydroxyl groups is 1. The van der Waals surface area contributed by atoms with E-state index in [1.54, 1.807) is 0 Å². The van der Waals surface area contributed by atoms with Crippen molar-refractivity contribution in [2.75, 3.05) is 6.26 Å². The fourth-order valence-corrected chi connectivity index (χ4v) is 9.33. The smallest absolute Gasteiger partial charge is 0.161 e. The number of hydrogen-bond donors (Lipinski definition) is 1. The molecule has 0 heterocycles. The van der Waals surface area contributed by atoms with E-state index in [0.29, 0.717) is 6.42 Å². The van der Waals surface area contributed by atoms with Crippen molar-refractivity contribution in [1.82, 2.24) is 0 Å².